The standard InChI is InChI=1S/C12H19NO/c1-9(2)10(3)14-12-6-4-5-11(7-12)8-13/h4-7,9-10H,8,13H2,1-3H3. The summed E-state index contributed by atoms with van der Waals surface area (Å²) in [6.45, 7) is 6.95. The molecule has 0 aliphatic rings. The Labute approximate surface area is 86.1 Å². The molecule has 0 fully saturated rings. The molecule has 0 aliphatic heterocycles. The zero-order valence-electron chi connectivity index (χ0n) is 9.16. The lowest BCUT2D eigenvalue weighted by molar-refractivity contribution is 0.170. The van der Waals surface area contributed by atoms with Crippen molar-refractivity contribution in [3.63, 3.8) is 0 Å². The predicted molar refractivity (Wildman–Crippen MR) is 59.3 cm³/mol. The highest BCUT2D eigenvalue weighted by atomic mass is 16.5. The second kappa shape index (κ2) is 5.01. The van der Waals surface area contributed by atoms with Crippen LogP contribution in [-0.4, -0.2) is 6.10 Å². The van der Waals surface area contributed by atoms with Crippen molar-refractivity contribution in [3.05, 3.63) is 29.8 Å². The molecule has 14 heavy (non-hydrogen) atoms. The Kier molecular flexibility index (Phi) is 3.96. The van der Waals surface area contributed by atoms with Crippen molar-refractivity contribution in [3.8, 4) is 5.75 Å². The van der Waals surface area contributed by atoms with Gasteiger partial charge in [0.15, 0.2) is 0 Å². The molecule has 2 nitrogen and oxygen atoms in total. The Morgan fingerprint density at radius 1 is 1.29 bits per heavy atom. The first-order valence-electron chi connectivity index (χ1n) is 5.09. The van der Waals surface area contributed by atoms with Crippen LogP contribution in [0.1, 0.15) is 26.3 Å². The highest BCUT2D eigenvalue weighted by Gasteiger charge is 2.08. The number of hydrogen-bond acceptors (Lipinski definition) is 2. The number of benzene rings is 1. The summed E-state index contributed by atoms with van der Waals surface area (Å²) in [6, 6.07) is 7.95. The van der Waals surface area contributed by atoms with E-state index in [1.807, 2.05) is 24.3 Å². The summed E-state index contributed by atoms with van der Waals surface area (Å²) in [5.41, 5.74) is 6.66. The Morgan fingerprint density at radius 2 is 2.00 bits per heavy atom. The molecule has 0 radical (unpaired) electrons. The van der Waals surface area contributed by atoms with E-state index in [9.17, 15) is 0 Å². The minimum atomic E-state index is 0.239. The van der Waals surface area contributed by atoms with Crippen LogP contribution in [0.3, 0.4) is 0 Å². The quantitative estimate of drug-likeness (QED) is 0.797. The van der Waals surface area contributed by atoms with Gasteiger partial charge in [-0.15, -0.1) is 0 Å². The Balaban J connectivity index is 2.66. The van der Waals surface area contributed by atoms with E-state index in [1.165, 1.54) is 0 Å². The van der Waals surface area contributed by atoms with Gasteiger partial charge in [0.25, 0.3) is 0 Å². The van der Waals surface area contributed by atoms with E-state index in [4.69, 9.17) is 10.5 Å². The molecular weight excluding hydrogens is 174 g/mol. The lowest BCUT2D eigenvalue weighted by Crippen LogP contribution is -2.18. The van der Waals surface area contributed by atoms with E-state index < -0.39 is 0 Å². The summed E-state index contributed by atoms with van der Waals surface area (Å²) >= 11 is 0. The molecule has 1 aromatic carbocycles. The highest BCUT2D eigenvalue weighted by Crippen LogP contribution is 2.17. The summed E-state index contributed by atoms with van der Waals surface area (Å²) in [4.78, 5) is 0. The van der Waals surface area contributed by atoms with Crippen LogP contribution in [0.25, 0.3) is 0 Å². The van der Waals surface area contributed by atoms with Crippen molar-refractivity contribution >= 4 is 0 Å². The Bertz CT molecular complexity index is 283. The van der Waals surface area contributed by atoms with E-state index in [-0.39, 0.29) is 6.10 Å². The lowest BCUT2D eigenvalue weighted by atomic mass is 10.1. The molecule has 0 spiro atoms. The molecular formula is C12H19NO. The largest absolute Gasteiger partial charge is 0.490 e. The summed E-state index contributed by atoms with van der Waals surface area (Å²) in [5, 5.41) is 0. The number of rotatable bonds is 4. The molecule has 0 amide bonds. The van der Waals surface area contributed by atoms with Crippen LogP contribution in [0.2, 0.25) is 0 Å². The summed E-state index contributed by atoms with van der Waals surface area (Å²) < 4.78 is 5.76. The van der Waals surface area contributed by atoms with Crippen molar-refractivity contribution in [1.29, 1.82) is 0 Å². The second-order valence-corrected chi connectivity index (χ2v) is 3.92. The highest BCUT2D eigenvalue weighted by molar-refractivity contribution is 5.28. The average Bonchev–Trinajstić information content (AvgIpc) is 2.18. The maximum Gasteiger partial charge on any atom is 0.120 e. The fraction of sp³-hybridized carbons (Fsp3) is 0.500. The van der Waals surface area contributed by atoms with Crippen LogP contribution < -0.4 is 10.5 Å². The van der Waals surface area contributed by atoms with Crippen molar-refractivity contribution in [2.75, 3.05) is 0 Å². The molecule has 0 aliphatic carbocycles. The molecule has 1 aromatic rings. The lowest BCUT2D eigenvalue weighted by Gasteiger charge is -2.18. The average molecular weight is 193 g/mol. The maximum atomic E-state index is 5.76. The third-order valence-electron chi connectivity index (χ3n) is 2.39. The van der Waals surface area contributed by atoms with Gasteiger partial charge in [-0.2, -0.15) is 0 Å². The molecule has 2 heteroatoms. The monoisotopic (exact) mass is 193 g/mol. The molecule has 78 valence electrons. The molecule has 0 heterocycles. The molecule has 0 bridgehead atoms. The van der Waals surface area contributed by atoms with E-state index >= 15 is 0 Å². The van der Waals surface area contributed by atoms with Crippen molar-refractivity contribution < 1.29 is 4.74 Å². The molecule has 1 rings (SSSR count). The maximum absolute atomic E-state index is 5.76. The minimum absolute atomic E-state index is 0.239. The minimum Gasteiger partial charge on any atom is -0.490 e. The zero-order valence-corrected chi connectivity index (χ0v) is 9.16. The van der Waals surface area contributed by atoms with Crippen LogP contribution in [0.15, 0.2) is 24.3 Å². The zero-order chi connectivity index (χ0) is 10.6. The number of nitrogens with two attached hydrogens (primary N) is 1. The second-order valence-electron chi connectivity index (χ2n) is 3.92. The van der Waals surface area contributed by atoms with Gasteiger partial charge in [-0.1, -0.05) is 26.0 Å². The van der Waals surface area contributed by atoms with Crippen LogP contribution in [0.5, 0.6) is 5.75 Å². The van der Waals surface area contributed by atoms with Crippen molar-refractivity contribution in [1.82, 2.24) is 0 Å². The van der Waals surface area contributed by atoms with Gasteiger partial charge >= 0.3 is 0 Å². The van der Waals surface area contributed by atoms with Gasteiger partial charge in [0.1, 0.15) is 5.75 Å². The molecule has 0 saturated heterocycles. The van der Waals surface area contributed by atoms with Gasteiger partial charge < -0.3 is 10.5 Å². The van der Waals surface area contributed by atoms with Gasteiger partial charge in [-0.3, -0.25) is 0 Å². The molecule has 0 saturated carbocycles. The number of hydrogen-bond donors (Lipinski definition) is 1. The molecule has 1 unspecified atom stereocenters. The fourth-order valence-electron chi connectivity index (χ4n) is 1.10. The van der Waals surface area contributed by atoms with Crippen molar-refractivity contribution in [2.45, 2.75) is 33.4 Å². The SMILES string of the molecule is CC(C)C(C)Oc1cccc(CN)c1. The molecule has 0 aromatic heterocycles. The first kappa shape index (κ1) is 11.1. The van der Waals surface area contributed by atoms with Gasteiger partial charge in [-0.05, 0) is 30.5 Å². The van der Waals surface area contributed by atoms with E-state index in [0.717, 1.165) is 11.3 Å². The van der Waals surface area contributed by atoms with E-state index in [2.05, 4.69) is 20.8 Å². The van der Waals surface area contributed by atoms with E-state index in [1.54, 1.807) is 0 Å². The topological polar surface area (TPSA) is 35.2 Å². The summed E-state index contributed by atoms with van der Waals surface area (Å²) in [6.07, 6.45) is 0.239. The smallest absolute Gasteiger partial charge is 0.120 e. The van der Waals surface area contributed by atoms with Crippen LogP contribution in [0.4, 0.5) is 0 Å². The number of ether oxygens (including phenoxy) is 1. The normalized spacial score (nSPS) is 12.9. The predicted octanol–water partition coefficient (Wildman–Crippen LogP) is 2.57. The third kappa shape index (κ3) is 3.04. The first-order chi connectivity index (χ1) is 6.63. The van der Waals surface area contributed by atoms with Crippen molar-refractivity contribution in [2.24, 2.45) is 11.7 Å². The van der Waals surface area contributed by atoms with Crippen LogP contribution in [-0.2, 0) is 6.54 Å². The molecule has 1 atom stereocenters. The van der Waals surface area contributed by atoms with Gasteiger partial charge in [0.05, 0.1) is 6.10 Å². The van der Waals surface area contributed by atoms with Gasteiger partial charge in [-0.25, -0.2) is 0 Å². The van der Waals surface area contributed by atoms with Crippen LogP contribution in [0, 0.1) is 5.92 Å². The Hall–Kier alpha value is -1.02. The van der Waals surface area contributed by atoms with Gasteiger partial charge in [0.2, 0.25) is 0 Å². The Morgan fingerprint density at radius 3 is 2.57 bits per heavy atom. The fourth-order valence-corrected chi connectivity index (χ4v) is 1.10. The first-order valence-corrected chi connectivity index (χ1v) is 5.09. The summed E-state index contributed by atoms with van der Waals surface area (Å²) in [5.74, 6) is 1.44. The molecule has 2 N–H and O–H groups in total. The third-order valence-corrected chi connectivity index (χ3v) is 2.39. The van der Waals surface area contributed by atoms with Gasteiger partial charge in [0, 0.05) is 6.54 Å². The van der Waals surface area contributed by atoms with Crippen LogP contribution >= 0.6 is 0 Å². The summed E-state index contributed by atoms with van der Waals surface area (Å²) in [7, 11) is 0. The van der Waals surface area contributed by atoms with E-state index in [0.29, 0.717) is 12.5 Å².